The minimum Gasteiger partial charge on any atom is -0.508 e. The number of aromatic amines is 1. The van der Waals surface area contributed by atoms with Gasteiger partial charge in [-0.2, -0.15) is 0 Å². The number of nitrogens with two attached hydrogens (primary N) is 5. The lowest BCUT2D eigenvalue weighted by atomic mass is 10.0. The number of phenols is 1. The van der Waals surface area contributed by atoms with Gasteiger partial charge >= 0.3 is 5.97 Å². The molecule has 3 fully saturated rings. The van der Waals surface area contributed by atoms with Gasteiger partial charge in [0.25, 0.3) is 5.97 Å². The van der Waals surface area contributed by atoms with E-state index in [0.717, 1.165) is 55.0 Å². The van der Waals surface area contributed by atoms with Crippen molar-refractivity contribution in [1.29, 1.82) is 0 Å². The molecule has 44 heteroatoms. The van der Waals surface area contributed by atoms with Gasteiger partial charge < -0.3 is 117 Å². The molecule has 5 rings (SSSR count). The van der Waals surface area contributed by atoms with Crippen LogP contribution in [-0.2, 0) is 89.6 Å². The lowest BCUT2D eigenvalue weighted by Crippen LogP contribution is -2.61. The molecular weight excluding hydrogens is 1410 g/mol. The summed E-state index contributed by atoms with van der Waals surface area (Å²) in [6, 6.07) is -14.0. The van der Waals surface area contributed by atoms with E-state index in [1.807, 2.05) is 0 Å². The van der Waals surface area contributed by atoms with Crippen molar-refractivity contribution in [3.05, 3.63) is 48.0 Å². The van der Waals surface area contributed by atoms with Crippen LogP contribution >= 0.6 is 43.2 Å². The van der Waals surface area contributed by atoms with Crippen LogP contribution in [0.5, 0.6) is 5.75 Å². The van der Waals surface area contributed by atoms with Crippen LogP contribution < -0.4 is 87.2 Å². The Morgan fingerprint density at radius 3 is 1.85 bits per heavy atom. The summed E-state index contributed by atoms with van der Waals surface area (Å²) in [5.41, 5.74) is 29.0. The summed E-state index contributed by atoms with van der Waals surface area (Å²) < 4.78 is 0. The van der Waals surface area contributed by atoms with Crippen molar-refractivity contribution in [3.63, 3.8) is 0 Å². The number of aliphatic carboxylic acids is 2. The molecule has 3 unspecified atom stereocenters. The summed E-state index contributed by atoms with van der Waals surface area (Å²) in [6.45, 7) is 0.158. The molecule has 4 heterocycles. The second-order valence-corrected chi connectivity index (χ2v) is 27.9. The molecule has 14 amide bonds. The van der Waals surface area contributed by atoms with Crippen LogP contribution in [0.15, 0.2) is 41.8 Å². The van der Waals surface area contributed by atoms with E-state index in [2.05, 4.69) is 73.4 Å². The van der Waals surface area contributed by atoms with Crippen LogP contribution in [0.2, 0.25) is 0 Å². The number of nitrogens with zero attached hydrogens (tertiary/aromatic N) is 3. The van der Waals surface area contributed by atoms with Gasteiger partial charge in [-0.05, 0) is 56.7 Å². The highest BCUT2D eigenvalue weighted by molar-refractivity contribution is 8.77. The van der Waals surface area contributed by atoms with E-state index < -0.39 is 223 Å². The molecule has 0 spiro atoms. The SMILES string of the molecule is CC(=O)O.C[C@@H]1NC(=O)[C@@H]2CCCN2C(=O)[C@H](CC(N)=O)NC(=O)[C@@H]2CSSCC(C(N)=O)NC(=O)[C@H](CO)NC(=O)C(Cc3ccc(O)cc3)NC(=O)C(Cc3cnc[nH]3)NC(=O)[C@H](CCCN=C(N)N)NC(=O)CNC(=O)[C@H](CSSC[C@H](NC(=O)[C@@H](N)CCC(=O)O)C(=O)N2)NC1=O. The summed E-state index contributed by atoms with van der Waals surface area (Å²) in [4.78, 5) is 228. The number of aromatic hydroxyl groups is 1. The molecule has 2 aromatic rings. The van der Waals surface area contributed by atoms with Gasteiger partial charge in [0.05, 0.1) is 31.9 Å². The zero-order valence-corrected chi connectivity index (χ0v) is 57.9. The van der Waals surface area contributed by atoms with E-state index in [1.54, 1.807) is 0 Å². The number of benzene rings is 1. The van der Waals surface area contributed by atoms with Crippen molar-refractivity contribution in [2.45, 2.75) is 144 Å². The van der Waals surface area contributed by atoms with Gasteiger partial charge in [-0.15, -0.1) is 0 Å². The predicted octanol–water partition coefficient (Wildman–Crippen LogP) is -8.64. The normalized spacial score (nSPS) is 25.0. The number of imidazole rings is 1. The van der Waals surface area contributed by atoms with Crippen molar-refractivity contribution in [1.82, 2.24) is 73.4 Å². The molecule has 0 radical (unpaired) electrons. The number of aliphatic hydroxyl groups is 1. The van der Waals surface area contributed by atoms with Crippen molar-refractivity contribution in [3.8, 4) is 5.75 Å². The zero-order chi connectivity index (χ0) is 75.0. The first-order valence-corrected chi connectivity index (χ1v) is 36.0. The summed E-state index contributed by atoms with van der Waals surface area (Å²) in [6.07, 6.45) is 0.138. The predicted molar refractivity (Wildman–Crippen MR) is 365 cm³/mol. The number of H-pyrrole nitrogens is 1. The number of aromatic nitrogens is 2. The molecule has 1 aromatic heterocycles. The Kier molecular flexibility index (Phi) is 35.2. The number of guanidine groups is 1. The number of aliphatic hydroxyl groups excluding tert-OH is 1. The number of rotatable bonds is 17. The summed E-state index contributed by atoms with van der Waals surface area (Å²) >= 11 is 0. The number of aliphatic imine (C=N–C) groups is 1. The third kappa shape index (κ3) is 29.6. The number of carbonyl (C=O) groups excluding carboxylic acids is 14. The number of hydrogen-bond donors (Lipinski definition) is 21. The molecule has 556 valence electrons. The Hall–Kier alpha value is -9.66. The molecule has 26 N–H and O–H groups in total. The first-order chi connectivity index (χ1) is 47.8. The third-order valence-electron chi connectivity index (χ3n) is 14.7. The van der Waals surface area contributed by atoms with Gasteiger partial charge in [0.15, 0.2) is 5.96 Å². The molecule has 0 saturated carbocycles. The van der Waals surface area contributed by atoms with Gasteiger partial charge in [-0.25, -0.2) is 4.98 Å². The molecule has 12 atom stereocenters. The molecule has 0 aliphatic carbocycles. The zero-order valence-electron chi connectivity index (χ0n) is 54.6. The van der Waals surface area contributed by atoms with Crippen LogP contribution in [0.1, 0.15) is 70.1 Å². The Labute approximate surface area is 592 Å². The smallest absolute Gasteiger partial charge is 0.303 e. The standard InChI is InChI=1S/C55H80N20O18S4.C2H4O2/c1-25-44(83)72-36-21-95-97-22-37(73-45(84)29(56)10-11-42(80)81)52(91)74-38(51(90)69-33(16-40(57)78)54(93)75-13-3-5-39(75)53(92)65-25)23-96-94-20-35(43(58)82)71-50(89)34(19-76)70-48(87)31(14-26-6-8-28(77)9-7-26)67-49(88)32(15-27-17-61-24-64-27)68-47(86)30(4-2-12-62-55(59)60)66-41(79)18-63-46(36)85;1-2(3)4/h6-9,17,24-25,29-39,76-77H,2-5,10-16,18-23,56H2,1H3,(H2,57,78)(H2,58,82)(H,61,64)(H,63,85)(H,65,92)(H,66,79)(H,67,88)(H,68,86)(H,69,90)(H,70,87)(H,71,89)(H,72,83)(H,73,84)(H,74,91)(H,80,81)(H4,59,60,62);1H3,(H,3,4)/t25-,29-,30-,31?,32?,33-,34-,35?,36-,37-,38-,39-;/m0./s1. The maximum absolute atomic E-state index is 14.6. The second kappa shape index (κ2) is 42.4. The molecule has 1 aromatic carbocycles. The van der Waals surface area contributed by atoms with Gasteiger partial charge in [-0.3, -0.25) is 81.7 Å². The lowest BCUT2D eigenvalue weighted by Gasteiger charge is -2.30. The number of amides is 14. The molecule has 3 aliphatic heterocycles. The van der Waals surface area contributed by atoms with Gasteiger partial charge in [0.2, 0.25) is 82.7 Å². The highest BCUT2D eigenvalue weighted by atomic mass is 33.1. The first-order valence-electron chi connectivity index (χ1n) is 31.0. The maximum Gasteiger partial charge on any atom is 0.303 e. The summed E-state index contributed by atoms with van der Waals surface area (Å²) in [5, 5.41) is 64.4. The van der Waals surface area contributed by atoms with Crippen LogP contribution in [0.3, 0.4) is 0 Å². The Morgan fingerprint density at radius 1 is 0.683 bits per heavy atom. The monoisotopic (exact) mass is 1500 g/mol. The number of phenolic OH excluding ortho intramolecular Hbond substituents is 1. The summed E-state index contributed by atoms with van der Waals surface area (Å²) in [5.74, 6) is -19.1. The fourth-order valence-corrected chi connectivity index (χ4v) is 14.2. The van der Waals surface area contributed by atoms with Crippen LogP contribution in [0, 0.1) is 0 Å². The van der Waals surface area contributed by atoms with Crippen LogP contribution in [0.25, 0.3) is 0 Å². The Morgan fingerprint density at radius 2 is 1.26 bits per heavy atom. The highest BCUT2D eigenvalue weighted by Crippen LogP contribution is 2.26. The largest absolute Gasteiger partial charge is 0.508 e. The van der Waals surface area contributed by atoms with E-state index in [4.69, 9.17) is 38.6 Å². The van der Waals surface area contributed by atoms with E-state index in [1.165, 1.54) is 43.7 Å². The van der Waals surface area contributed by atoms with E-state index in [-0.39, 0.29) is 69.0 Å². The lowest BCUT2D eigenvalue weighted by molar-refractivity contribution is -0.143. The average molecular weight is 1500 g/mol. The first kappa shape index (κ1) is 83.8. The fraction of sp³-hybridized carbons (Fsp3) is 0.544. The summed E-state index contributed by atoms with van der Waals surface area (Å²) in [7, 11) is 3.20. The Bertz CT molecular complexity index is 3310. The molecular formula is C57H84N20O20S4. The van der Waals surface area contributed by atoms with E-state index in [0.29, 0.717) is 5.56 Å². The topological polar surface area (TPSA) is 661 Å². The third-order valence-corrected chi connectivity index (χ3v) is 19.6. The second-order valence-electron chi connectivity index (χ2n) is 22.8. The van der Waals surface area contributed by atoms with E-state index in [9.17, 15) is 87.2 Å². The fourth-order valence-electron chi connectivity index (χ4n) is 9.51. The maximum atomic E-state index is 14.6. The van der Waals surface area contributed by atoms with Crippen molar-refractivity contribution in [2.24, 2.45) is 33.7 Å². The minimum absolute atomic E-state index is 0.0220. The average Bonchev–Trinajstić information content (AvgIpc) is 1.75. The number of carbonyl (C=O) groups is 16. The van der Waals surface area contributed by atoms with Crippen LogP contribution in [-0.4, -0.2) is 258 Å². The Balaban J connectivity index is 0.00000526. The molecule has 2 bridgehead atoms. The number of carboxylic acid groups (broad SMARTS) is 2. The van der Waals surface area contributed by atoms with Gasteiger partial charge in [0.1, 0.15) is 72.2 Å². The molecule has 40 nitrogen and oxygen atoms in total. The number of primary amides is 2. The number of fused-ring (bicyclic) bond motifs is 9. The molecule has 3 aliphatic rings. The van der Waals surface area contributed by atoms with Crippen molar-refractivity contribution >= 4 is 144 Å². The van der Waals surface area contributed by atoms with Gasteiger partial charge in [0, 0.05) is 74.2 Å². The quantitative estimate of drug-likeness (QED) is 0.0303. The highest BCUT2D eigenvalue weighted by Gasteiger charge is 2.41. The van der Waals surface area contributed by atoms with E-state index >= 15 is 0 Å². The van der Waals surface area contributed by atoms with Crippen molar-refractivity contribution < 1.29 is 97.1 Å². The van der Waals surface area contributed by atoms with Crippen molar-refractivity contribution in [2.75, 3.05) is 49.3 Å². The molecule has 101 heavy (non-hydrogen) atoms. The number of hydrogen-bond acceptors (Lipinski definition) is 25. The minimum atomic E-state index is -1.87. The van der Waals surface area contributed by atoms with Crippen LogP contribution in [0.4, 0.5) is 0 Å². The molecule has 3 saturated heterocycles. The number of carboxylic acids is 2. The number of nitrogens with one attached hydrogen (secondary N) is 12. The van der Waals surface area contributed by atoms with Gasteiger partial charge in [-0.1, -0.05) is 55.3 Å².